The third kappa shape index (κ3) is 2.94. The quantitative estimate of drug-likeness (QED) is 0.899. The van der Waals surface area contributed by atoms with Crippen molar-refractivity contribution in [2.45, 2.75) is 6.18 Å². The van der Waals surface area contributed by atoms with E-state index in [2.05, 4.69) is 15.2 Å². The molecule has 0 aromatic carbocycles. The lowest BCUT2D eigenvalue weighted by molar-refractivity contribution is -0.137. The second-order valence-corrected chi connectivity index (χ2v) is 6.51. The van der Waals surface area contributed by atoms with E-state index in [-0.39, 0.29) is 5.91 Å². The van der Waals surface area contributed by atoms with Crippen LogP contribution in [0.2, 0.25) is 0 Å². The number of carbonyl (C=O) groups is 1. The number of aromatic amines is 1. The van der Waals surface area contributed by atoms with Gasteiger partial charge in [0.25, 0.3) is 5.91 Å². The lowest BCUT2D eigenvalue weighted by Crippen LogP contribution is -2.33. The number of hydrogen-bond donors (Lipinski definition) is 1. The number of carbonyl (C=O) groups excluding carboxylic acids is 1. The van der Waals surface area contributed by atoms with Gasteiger partial charge in [-0.3, -0.25) is 9.89 Å². The second-order valence-electron chi connectivity index (χ2n) is 6.51. The molecule has 9 heteroatoms. The molecular formula is C16H16F3N5O. The highest BCUT2D eigenvalue weighted by Gasteiger charge is 2.42. The average Bonchev–Trinajstić information content (AvgIpc) is 3.29. The summed E-state index contributed by atoms with van der Waals surface area (Å²) in [6, 6.07) is 4.12. The third-order valence-electron chi connectivity index (χ3n) is 4.90. The van der Waals surface area contributed by atoms with E-state index in [4.69, 9.17) is 0 Å². The summed E-state index contributed by atoms with van der Waals surface area (Å²) >= 11 is 0. The predicted octanol–water partition coefficient (Wildman–Crippen LogP) is 2.03. The summed E-state index contributed by atoms with van der Waals surface area (Å²) in [5, 5.41) is 6.47. The van der Waals surface area contributed by atoms with Gasteiger partial charge in [-0.1, -0.05) is 0 Å². The molecule has 25 heavy (non-hydrogen) atoms. The molecule has 1 amide bonds. The summed E-state index contributed by atoms with van der Waals surface area (Å²) in [6.45, 7) is 2.66. The topological polar surface area (TPSA) is 65.1 Å². The largest absolute Gasteiger partial charge is 0.417 e. The maximum atomic E-state index is 12.6. The standard InChI is InChI=1S/C16H16F3N5O/c17-16(18,19)12-1-2-14(20-5-12)23-6-10-8-24(9-11(10)7-23)15(25)13-3-4-21-22-13/h1-5,10-11H,6-9H2,(H,21,22). The van der Waals surface area contributed by atoms with Gasteiger partial charge in [-0.15, -0.1) is 0 Å². The molecule has 2 saturated heterocycles. The molecule has 4 rings (SSSR count). The van der Waals surface area contributed by atoms with Gasteiger partial charge in [0.2, 0.25) is 0 Å². The van der Waals surface area contributed by atoms with Crippen molar-refractivity contribution in [3.05, 3.63) is 41.9 Å². The van der Waals surface area contributed by atoms with Crippen LogP contribution in [0.3, 0.4) is 0 Å². The minimum Gasteiger partial charge on any atom is -0.356 e. The van der Waals surface area contributed by atoms with Gasteiger partial charge in [-0.25, -0.2) is 4.98 Å². The number of halogens is 3. The number of likely N-dealkylation sites (tertiary alicyclic amines) is 1. The summed E-state index contributed by atoms with van der Waals surface area (Å²) in [6.07, 6.45) is -1.96. The summed E-state index contributed by atoms with van der Waals surface area (Å²) in [4.78, 5) is 20.1. The van der Waals surface area contributed by atoms with Crippen molar-refractivity contribution in [1.29, 1.82) is 0 Å². The molecule has 2 fully saturated rings. The first kappa shape index (κ1) is 15.9. The van der Waals surface area contributed by atoms with Crippen LogP contribution in [0, 0.1) is 11.8 Å². The van der Waals surface area contributed by atoms with E-state index in [0.29, 0.717) is 49.5 Å². The molecule has 2 aliphatic heterocycles. The van der Waals surface area contributed by atoms with E-state index in [1.807, 2.05) is 4.90 Å². The third-order valence-corrected chi connectivity index (χ3v) is 4.90. The van der Waals surface area contributed by atoms with E-state index in [1.54, 1.807) is 17.2 Å². The SMILES string of the molecule is O=C(c1ccn[nH]1)N1CC2CN(c3ccc(C(F)(F)F)cn3)CC2C1. The van der Waals surface area contributed by atoms with E-state index in [1.165, 1.54) is 6.07 Å². The Kier molecular flexibility index (Phi) is 3.66. The Balaban J connectivity index is 1.40. The highest BCUT2D eigenvalue weighted by Crippen LogP contribution is 2.35. The Morgan fingerprint density at radius 3 is 2.36 bits per heavy atom. The fraction of sp³-hybridized carbons (Fsp3) is 0.438. The van der Waals surface area contributed by atoms with Gasteiger partial charge in [0.15, 0.2) is 0 Å². The van der Waals surface area contributed by atoms with Gasteiger partial charge in [-0.05, 0) is 18.2 Å². The highest BCUT2D eigenvalue weighted by atomic mass is 19.4. The molecule has 1 N–H and O–H groups in total. The van der Waals surface area contributed by atoms with Gasteiger partial charge in [0.1, 0.15) is 11.5 Å². The Labute approximate surface area is 141 Å². The molecule has 2 atom stereocenters. The number of amides is 1. The number of rotatable bonds is 2. The number of H-pyrrole nitrogens is 1. The first-order valence-electron chi connectivity index (χ1n) is 7.98. The van der Waals surface area contributed by atoms with Crippen LogP contribution in [0.4, 0.5) is 19.0 Å². The van der Waals surface area contributed by atoms with Crippen molar-refractivity contribution in [3.8, 4) is 0 Å². The summed E-state index contributed by atoms with van der Waals surface area (Å²) in [7, 11) is 0. The number of nitrogens with zero attached hydrogens (tertiary/aromatic N) is 4. The monoisotopic (exact) mass is 351 g/mol. The van der Waals surface area contributed by atoms with E-state index < -0.39 is 11.7 Å². The number of pyridine rings is 1. The molecule has 2 unspecified atom stereocenters. The Bertz CT molecular complexity index is 745. The molecule has 2 aliphatic rings. The van der Waals surface area contributed by atoms with Gasteiger partial charge in [-0.2, -0.15) is 18.3 Å². The normalized spacial score (nSPS) is 23.2. The van der Waals surface area contributed by atoms with Gasteiger partial charge in [0.05, 0.1) is 5.56 Å². The van der Waals surface area contributed by atoms with Crippen molar-refractivity contribution >= 4 is 11.7 Å². The van der Waals surface area contributed by atoms with Crippen molar-refractivity contribution in [3.63, 3.8) is 0 Å². The number of aromatic nitrogens is 3. The zero-order valence-electron chi connectivity index (χ0n) is 13.2. The molecule has 6 nitrogen and oxygen atoms in total. The first-order chi connectivity index (χ1) is 11.9. The number of anilines is 1. The Morgan fingerprint density at radius 1 is 1.12 bits per heavy atom. The molecule has 2 aromatic rings. The maximum absolute atomic E-state index is 12.6. The molecule has 0 saturated carbocycles. The van der Waals surface area contributed by atoms with Gasteiger partial charge in [0, 0.05) is 50.4 Å². The molecule has 132 valence electrons. The minimum atomic E-state index is -4.37. The van der Waals surface area contributed by atoms with Gasteiger partial charge < -0.3 is 9.80 Å². The van der Waals surface area contributed by atoms with Crippen LogP contribution in [-0.4, -0.2) is 52.2 Å². The number of fused-ring (bicyclic) bond motifs is 1. The van der Waals surface area contributed by atoms with Crippen molar-refractivity contribution in [2.75, 3.05) is 31.1 Å². The zero-order valence-corrected chi connectivity index (χ0v) is 13.2. The Morgan fingerprint density at radius 2 is 1.84 bits per heavy atom. The van der Waals surface area contributed by atoms with Crippen LogP contribution in [0.5, 0.6) is 0 Å². The van der Waals surface area contributed by atoms with Crippen LogP contribution >= 0.6 is 0 Å². The molecular weight excluding hydrogens is 335 g/mol. The van der Waals surface area contributed by atoms with E-state index >= 15 is 0 Å². The van der Waals surface area contributed by atoms with Crippen LogP contribution in [0.25, 0.3) is 0 Å². The van der Waals surface area contributed by atoms with Crippen LogP contribution < -0.4 is 4.90 Å². The van der Waals surface area contributed by atoms with Crippen LogP contribution in [0.1, 0.15) is 16.1 Å². The summed E-state index contributed by atoms with van der Waals surface area (Å²) in [5.74, 6) is 1.09. The predicted molar refractivity (Wildman–Crippen MR) is 82.9 cm³/mol. The fourth-order valence-electron chi connectivity index (χ4n) is 3.63. The maximum Gasteiger partial charge on any atom is 0.417 e. The van der Waals surface area contributed by atoms with E-state index in [9.17, 15) is 18.0 Å². The number of nitrogens with one attached hydrogen (secondary N) is 1. The van der Waals surface area contributed by atoms with Crippen LogP contribution in [0.15, 0.2) is 30.6 Å². The molecule has 0 radical (unpaired) electrons. The molecule has 0 aliphatic carbocycles. The summed E-state index contributed by atoms with van der Waals surface area (Å²) in [5.41, 5.74) is -0.270. The number of hydrogen-bond acceptors (Lipinski definition) is 4. The molecule has 4 heterocycles. The first-order valence-corrected chi connectivity index (χ1v) is 7.98. The van der Waals surface area contributed by atoms with Crippen LogP contribution in [-0.2, 0) is 6.18 Å². The smallest absolute Gasteiger partial charge is 0.356 e. The van der Waals surface area contributed by atoms with Crippen molar-refractivity contribution in [1.82, 2.24) is 20.1 Å². The molecule has 0 spiro atoms. The molecule has 0 bridgehead atoms. The fourth-order valence-corrected chi connectivity index (χ4v) is 3.63. The summed E-state index contributed by atoms with van der Waals surface area (Å²) < 4.78 is 37.9. The lowest BCUT2D eigenvalue weighted by atomic mass is 10.0. The highest BCUT2D eigenvalue weighted by molar-refractivity contribution is 5.92. The van der Waals surface area contributed by atoms with E-state index in [0.717, 1.165) is 12.3 Å². The second kappa shape index (κ2) is 5.75. The van der Waals surface area contributed by atoms with Gasteiger partial charge >= 0.3 is 6.18 Å². The Hall–Kier alpha value is -2.58. The lowest BCUT2D eigenvalue weighted by Gasteiger charge is -2.22. The van der Waals surface area contributed by atoms with Crippen molar-refractivity contribution < 1.29 is 18.0 Å². The molecule has 2 aromatic heterocycles. The van der Waals surface area contributed by atoms with Crippen molar-refractivity contribution in [2.24, 2.45) is 11.8 Å². The average molecular weight is 351 g/mol. The minimum absolute atomic E-state index is 0.0638. The zero-order chi connectivity index (χ0) is 17.6. The number of alkyl halides is 3.